The van der Waals surface area contributed by atoms with E-state index in [-0.39, 0.29) is 6.85 Å². The molecule has 1 aliphatic heterocycles. The van der Waals surface area contributed by atoms with Gasteiger partial charge in [-0.3, -0.25) is 0 Å². The zero-order chi connectivity index (χ0) is 42.5. The molecule has 0 N–H and O–H groups in total. The van der Waals surface area contributed by atoms with Gasteiger partial charge in [-0.2, -0.15) is 0 Å². The molecule has 64 heavy (non-hydrogen) atoms. The second kappa shape index (κ2) is 15.6. The Bertz CT molecular complexity index is 3300. The summed E-state index contributed by atoms with van der Waals surface area (Å²) in [6.07, 6.45) is 0. The number of nitrogens with zero attached hydrogens (tertiary/aromatic N) is 2. The Labute approximate surface area is 375 Å². The standard InChI is InChI=1S/C61H43BN2/c1-5-23-46(24-6-1)61(47-25-7-2-8-26-47,48-27-9-3-10-28-48)49-40-45(44-22-21-31-51(41-44)63-58-37-18-14-34-55(58)56-35-15-19-38-59(56)63)42-52(43-49)64-60-39-20-16-33-54(60)53-32-13-17-36-57(53)62(64)50-29-11-4-12-30-50/h1-43H. The van der Waals surface area contributed by atoms with Crippen molar-refractivity contribution >= 4 is 51.0 Å². The minimum atomic E-state index is -0.672. The van der Waals surface area contributed by atoms with Crippen LogP contribution in [0, 0.1) is 0 Å². The van der Waals surface area contributed by atoms with Crippen molar-refractivity contribution < 1.29 is 0 Å². The molecule has 0 unspecified atom stereocenters. The molecule has 0 atom stereocenters. The van der Waals surface area contributed by atoms with E-state index in [0.717, 1.165) is 22.5 Å². The minimum absolute atomic E-state index is 0.0843. The lowest BCUT2D eigenvalue weighted by Gasteiger charge is -2.41. The second-order valence-electron chi connectivity index (χ2n) is 16.8. The van der Waals surface area contributed by atoms with Crippen molar-refractivity contribution in [3.05, 3.63) is 283 Å². The number of aromatic nitrogens is 1. The molecule has 0 aliphatic carbocycles. The molecule has 12 rings (SSSR count). The average Bonchev–Trinajstić information content (AvgIpc) is 3.72. The molecule has 0 radical (unpaired) electrons. The van der Waals surface area contributed by atoms with Crippen LogP contribution in [0.25, 0.3) is 49.7 Å². The van der Waals surface area contributed by atoms with E-state index in [0.29, 0.717) is 0 Å². The van der Waals surface area contributed by atoms with Crippen LogP contribution in [0.2, 0.25) is 0 Å². The highest BCUT2D eigenvalue weighted by Crippen LogP contribution is 2.49. The Kier molecular flexibility index (Phi) is 9.20. The molecule has 0 bridgehead atoms. The molecule has 11 aromatic rings. The molecular weight excluding hydrogens is 771 g/mol. The van der Waals surface area contributed by atoms with Crippen LogP contribution in [0.15, 0.2) is 261 Å². The van der Waals surface area contributed by atoms with E-state index in [1.807, 2.05) is 0 Å². The quantitative estimate of drug-likeness (QED) is 0.110. The molecule has 0 saturated carbocycles. The number of hydrogen-bond donors (Lipinski definition) is 0. The van der Waals surface area contributed by atoms with Crippen LogP contribution in [0.5, 0.6) is 0 Å². The third kappa shape index (κ3) is 6.04. The number of fused-ring (bicyclic) bond motifs is 6. The van der Waals surface area contributed by atoms with E-state index in [1.54, 1.807) is 0 Å². The Balaban J connectivity index is 1.19. The van der Waals surface area contributed by atoms with Gasteiger partial charge < -0.3 is 9.38 Å². The average molecular weight is 815 g/mol. The molecule has 1 aliphatic rings. The fourth-order valence-electron chi connectivity index (χ4n) is 10.6. The van der Waals surface area contributed by atoms with Gasteiger partial charge in [-0.1, -0.05) is 218 Å². The van der Waals surface area contributed by atoms with E-state index in [2.05, 4.69) is 270 Å². The van der Waals surface area contributed by atoms with Crippen LogP contribution in [0.3, 0.4) is 0 Å². The lowest BCUT2D eigenvalue weighted by atomic mass is 9.45. The number of anilines is 2. The van der Waals surface area contributed by atoms with E-state index in [9.17, 15) is 0 Å². The zero-order valence-electron chi connectivity index (χ0n) is 35.3. The first kappa shape index (κ1) is 37.6. The smallest absolute Gasteiger partial charge is 0.328 e. The summed E-state index contributed by atoms with van der Waals surface area (Å²) in [7, 11) is 0. The largest absolute Gasteiger partial charge is 0.376 e. The molecule has 2 nitrogen and oxygen atoms in total. The summed E-state index contributed by atoms with van der Waals surface area (Å²) in [5.41, 5.74) is 17.3. The summed E-state index contributed by atoms with van der Waals surface area (Å²) in [6, 6.07) is 96.2. The predicted octanol–water partition coefficient (Wildman–Crippen LogP) is 13.8. The molecule has 0 spiro atoms. The second-order valence-corrected chi connectivity index (χ2v) is 16.8. The van der Waals surface area contributed by atoms with Gasteiger partial charge in [0, 0.05) is 33.4 Å². The summed E-state index contributed by atoms with van der Waals surface area (Å²) in [5.74, 6) is 0. The Morgan fingerprint density at radius 3 is 1.45 bits per heavy atom. The first-order chi connectivity index (χ1) is 31.8. The van der Waals surface area contributed by atoms with Crippen molar-refractivity contribution in [3.63, 3.8) is 0 Å². The van der Waals surface area contributed by atoms with Crippen LogP contribution in [-0.2, 0) is 5.41 Å². The minimum Gasteiger partial charge on any atom is -0.376 e. The molecule has 0 fully saturated rings. The Morgan fingerprint density at radius 1 is 0.328 bits per heavy atom. The van der Waals surface area contributed by atoms with Crippen LogP contribution < -0.4 is 15.7 Å². The maximum atomic E-state index is 2.60. The fraction of sp³-hybridized carbons (Fsp3) is 0.0164. The number of para-hydroxylation sites is 3. The van der Waals surface area contributed by atoms with Crippen LogP contribution in [0.4, 0.5) is 11.4 Å². The van der Waals surface area contributed by atoms with Gasteiger partial charge >= 0.3 is 6.85 Å². The van der Waals surface area contributed by atoms with Crippen molar-refractivity contribution in [2.75, 3.05) is 4.81 Å². The molecule has 2 heterocycles. The van der Waals surface area contributed by atoms with Gasteiger partial charge in [0.25, 0.3) is 0 Å². The van der Waals surface area contributed by atoms with E-state index in [4.69, 9.17) is 0 Å². The normalized spacial score (nSPS) is 12.3. The summed E-state index contributed by atoms with van der Waals surface area (Å²) < 4.78 is 2.42. The number of benzene rings is 10. The highest BCUT2D eigenvalue weighted by atomic mass is 15.1. The first-order valence-corrected chi connectivity index (χ1v) is 22.2. The van der Waals surface area contributed by atoms with Gasteiger partial charge in [0.1, 0.15) is 0 Å². The number of hydrogen-bond acceptors (Lipinski definition) is 1. The molecule has 10 aromatic carbocycles. The van der Waals surface area contributed by atoms with Crippen molar-refractivity contribution in [2.45, 2.75) is 5.41 Å². The topological polar surface area (TPSA) is 8.17 Å². The highest BCUT2D eigenvalue weighted by Gasteiger charge is 2.41. The van der Waals surface area contributed by atoms with Crippen molar-refractivity contribution in [2.24, 2.45) is 0 Å². The predicted molar refractivity (Wildman–Crippen MR) is 270 cm³/mol. The molecule has 300 valence electrons. The zero-order valence-corrected chi connectivity index (χ0v) is 35.3. The van der Waals surface area contributed by atoms with Gasteiger partial charge in [-0.25, -0.2) is 0 Å². The Hall–Kier alpha value is -8.14. The van der Waals surface area contributed by atoms with Gasteiger partial charge in [0.2, 0.25) is 0 Å². The molecule has 0 saturated heterocycles. The molecule has 0 amide bonds. The van der Waals surface area contributed by atoms with Gasteiger partial charge in [0.05, 0.1) is 16.4 Å². The summed E-state index contributed by atoms with van der Waals surface area (Å²) in [4.78, 5) is 2.60. The van der Waals surface area contributed by atoms with Gasteiger partial charge in [-0.05, 0) is 92.9 Å². The first-order valence-electron chi connectivity index (χ1n) is 22.2. The van der Waals surface area contributed by atoms with Crippen molar-refractivity contribution in [3.8, 4) is 27.9 Å². The monoisotopic (exact) mass is 814 g/mol. The van der Waals surface area contributed by atoms with E-state index in [1.165, 1.54) is 71.8 Å². The molecule has 1 aromatic heterocycles. The summed E-state index contributed by atoms with van der Waals surface area (Å²) >= 11 is 0. The third-order valence-corrected chi connectivity index (χ3v) is 13.3. The van der Waals surface area contributed by atoms with E-state index >= 15 is 0 Å². The van der Waals surface area contributed by atoms with Crippen molar-refractivity contribution in [1.82, 2.24) is 4.57 Å². The van der Waals surface area contributed by atoms with Crippen LogP contribution in [0.1, 0.15) is 22.3 Å². The summed E-state index contributed by atoms with van der Waals surface area (Å²) in [5, 5.41) is 2.50. The highest BCUT2D eigenvalue weighted by molar-refractivity contribution is 6.90. The molecular formula is C61H43BN2. The lowest BCUT2D eigenvalue weighted by Crippen LogP contribution is -2.57. The van der Waals surface area contributed by atoms with Crippen LogP contribution in [-0.4, -0.2) is 11.4 Å². The Morgan fingerprint density at radius 2 is 0.828 bits per heavy atom. The van der Waals surface area contributed by atoms with Gasteiger partial charge in [0.15, 0.2) is 0 Å². The van der Waals surface area contributed by atoms with Crippen molar-refractivity contribution in [1.29, 1.82) is 0 Å². The summed E-state index contributed by atoms with van der Waals surface area (Å²) in [6.45, 7) is -0.0843. The van der Waals surface area contributed by atoms with Gasteiger partial charge in [-0.15, -0.1) is 0 Å². The van der Waals surface area contributed by atoms with Crippen LogP contribution >= 0.6 is 0 Å². The SMILES string of the molecule is c1ccc(B2c3ccccc3-c3ccccc3N2c2cc(-c3cccc(-n4c5ccccc5c5ccccc54)c3)cc(C(c3ccccc3)(c3ccccc3)c3ccccc3)c2)cc1. The third-order valence-electron chi connectivity index (χ3n) is 13.3. The van der Waals surface area contributed by atoms with E-state index < -0.39 is 5.41 Å². The number of rotatable bonds is 8. The maximum Gasteiger partial charge on any atom is 0.328 e. The fourth-order valence-corrected chi connectivity index (χ4v) is 10.6. The maximum absolute atomic E-state index is 2.60. The lowest BCUT2D eigenvalue weighted by molar-refractivity contribution is 0.745. The molecule has 3 heteroatoms.